The Morgan fingerprint density at radius 2 is 2.29 bits per heavy atom. The normalized spacial score (nSPS) is 13.4. The first kappa shape index (κ1) is 10.3. The molecule has 0 radical (unpaired) electrons. The zero-order valence-corrected chi connectivity index (χ0v) is 9.35. The largest absolute Gasteiger partial charge is 0.493 e. The standard InChI is InChI=1S/C12H13N3O2/c1-2-11-10(3-4-16-11)5-9(1)6-13-7-12-14-8-17-15-12/h1-2,5,8,13H,3-4,6-7H2. The Bertz CT molecular complexity index is 496. The van der Waals surface area contributed by atoms with E-state index in [1.165, 1.54) is 17.5 Å². The van der Waals surface area contributed by atoms with Crippen molar-refractivity contribution < 1.29 is 9.26 Å². The highest BCUT2D eigenvalue weighted by atomic mass is 16.5. The third kappa shape index (κ3) is 2.29. The molecular formula is C12H13N3O2. The lowest BCUT2D eigenvalue weighted by molar-refractivity contribution is 0.357. The van der Waals surface area contributed by atoms with Gasteiger partial charge in [-0.05, 0) is 17.2 Å². The van der Waals surface area contributed by atoms with E-state index < -0.39 is 0 Å². The van der Waals surface area contributed by atoms with E-state index in [0.717, 1.165) is 25.3 Å². The summed E-state index contributed by atoms with van der Waals surface area (Å²) in [5.74, 6) is 1.70. The average Bonchev–Trinajstić information content (AvgIpc) is 2.98. The lowest BCUT2D eigenvalue weighted by Crippen LogP contribution is -2.13. The second-order valence-corrected chi connectivity index (χ2v) is 3.99. The van der Waals surface area contributed by atoms with Crippen LogP contribution in [0.5, 0.6) is 5.75 Å². The summed E-state index contributed by atoms with van der Waals surface area (Å²) in [5.41, 5.74) is 2.54. The molecule has 2 heterocycles. The molecular weight excluding hydrogens is 218 g/mol. The molecule has 0 atom stereocenters. The van der Waals surface area contributed by atoms with Gasteiger partial charge in [-0.1, -0.05) is 17.3 Å². The van der Waals surface area contributed by atoms with Gasteiger partial charge in [-0.15, -0.1) is 0 Å². The van der Waals surface area contributed by atoms with E-state index in [2.05, 4.69) is 32.1 Å². The number of fused-ring (bicyclic) bond motifs is 1. The van der Waals surface area contributed by atoms with Gasteiger partial charge in [0.1, 0.15) is 5.75 Å². The molecule has 0 aliphatic carbocycles. The highest BCUT2D eigenvalue weighted by Crippen LogP contribution is 2.25. The third-order valence-electron chi connectivity index (χ3n) is 2.77. The van der Waals surface area contributed by atoms with Gasteiger partial charge in [0.05, 0.1) is 13.2 Å². The summed E-state index contributed by atoms with van der Waals surface area (Å²) in [6.45, 7) is 2.21. The molecule has 0 amide bonds. The molecule has 5 nitrogen and oxygen atoms in total. The SMILES string of the molecule is c1nc(CNCc2ccc3c(c2)CCO3)no1. The molecule has 1 aromatic heterocycles. The second kappa shape index (κ2) is 4.55. The second-order valence-electron chi connectivity index (χ2n) is 3.99. The van der Waals surface area contributed by atoms with Crippen LogP contribution >= 0.6 is 0 Å². The molecule has 1 aromatic carbocycles. The summed E-state index contributed by atoms with van der Waals surface area (Å²) in [7, 11) is 0. The van der Waals surface area contributed by atoms with Crippen LogP contribution < -0.4 is 10.1 Å². The summed E-state index contributed by atoms with van der Waals surface area (Å²) >= 11 is 0. The summed E-state index contributed by atoms with van der Waals surface area (Å²) in [4.78, 5) is 3.94. The van der Waals surface area contributed by atoms with E-state index in [0.29, 0.717) is 12.4 Å². The Labute approximate surface area is 98.8 Å². The van der Waals surface area contributed by atoms with Crippen LogP contribution in [0.1, 0.15) is 17.0 Å². The van der Waals surface area contributed by atoms with E-state index in [9.17, 15) is 0 Å². The Hall–Kier alpha value is -1.88. The zero-order chi connectivity index (χ0) is 11.5. The third-order valence-corrected chi connectivity index (χ3v) is 2.77. The summed E-state index contributed by atoms with van der Waals surface area (Å²) in [5, 5.41) is 7.01. The quantitative estimate of drug-likeness (QED) is 0.859. The summed E-state index contributed by atoms with van der Waals surface area (Å²) < 4.78 is 10.1. The predicted molar refractivity (Wildman–Crippen MR) is 60.5 cm³/mol. The van der Waals surface area contributed by atoms with Crippen molar-refractivity contribution in [3.8, 4) is 5.75 Å². The molecule has 88 valence electrons. The maximum Gasteiger partial charge on any atom is 0.213 e. The van der Waals surface area contributed by atoms with Crippen LogP contribution in [0.3, 0.4) is 0 Å². The Balaban J connectivity index is 1.58. The van der Waals surface area contributed by atoms with Crippen molar-refractivity contribution in [1.82, 2.24) is 15.5 Å². The van der Waals surface area contributed by atoms with E-state index >= 15 is 0 Å². The lowest BCUT2D eigenvalue weighted by Gasteiger charge is -2.04. The topological polar surface area (TPSA) is 60.2 Å². The van der Waals surface area contributed by atoms with Crippen molar-refractivity contribution >= 4 is 0 Å². The Morgan fingerprint density at radius 3 is 3.18 bits per heavy atom. The van der Waals surface area contributed by atoms with Gasteiger partial charge in [0.15, 0.2) is 5.82 Å². The number of nitrogens with zero attached hydrogens (tertiary/aromatic N) is 2. The molecule has 0 spiro atoms. The van der Waals surface area contributed by atoms with Crippen LogP contribution in [0.15, 0.2) is 29.1 Å². The number of rotatable bonds is 4. The van der Waals surface area contributed by atoms with Crippen LogP contribution in [-0.4, -0.2) is 16.7 Å². The van der Waals surface area contributed by atoms with Gasteiger partial charge in [-0.25, -0.2) is 0 Å². The lowest BCUT2D eigenvalue weighted by atomic mass is 10.1. The van der Waals surface area contributed by atoms with Crippen molar-refractivity contribution in [2.24, 2.45) is 0 Å². The van der Waals surface area contributed by atoms with E-state index in [-0.39, 0.29) is 0 Å². The van der Waals surface area contributed by atoms with Crippen molar-refractivity contribution in [3.63, 3.8) is 0 Å². The summed E-state index contributed by atoms with van der Waals surface area (Å²) in [6.07, 6.45) is 2.35. The molecule has 0 saturated carbocycles. The summed E-state index contributed by atoms with van der Waals surface area (Å²) in [6, 6.07) is 6.30. The van der Waals surface area contributed by atoms with E-state index in [4.69, 9.17) is 4.74 Å². The number of aromatic nitrogens is 2. The number of hydrogen-bond donors (Lipinski definition) is 1. The van der Waals surface area contributed by atoms with E-state index in [1.807, 2.05) is 6.07 Å². The Morgan fingerprint density at radius 1 is 1.29 bits per heavy atom. The smallest absolute Gasteiger partial charge is 0.213 e. The zero-order valence-electron chi connectivity index (χ0n) is 9.35. The first-order chi connectivity index (χ1) is 8.42. The maximum absolute atomic E-state index is 5.46. The fraction of sp³-hybridized carbons (Fsp3) is 0.333. The van der Waals surface area contributed by atoms with Crippen molar-refractivity contribution in [1.29, 1.82) is 0 Å². The number of benzene rings is 1. The highest BCUT2D eigenvalue weighted by molar-refractivity contribution is 5.39. The van der Waals surface area contributed by atoms with Gasteiger partial charge < -0.3 is 14.6 Å². The van der Waals surface area contributed by atoms with Gasteiger partial charge in [-0.3, -0.25) is 0 Å². The van der Waals surface area contributed by atoms with Crippen LogP contribution in [-0.2, 0) is 19.5 Å². The first-order valence-corrected chi connectivity index (χ1v) is 5.62. The fourth-order valence-electron chi connectivity index (χ4n) is 1.94. The molecule has 0 unspecified atom stereocenters. The van der Waals surface area contributed by atoms with Gasteiger partial charge in [0, 0.05) is 13.0 Å². The number of hydrogen-bond acceptors (Lipinski definition) is 5. The average molecular weight is 231 g/mol. The van der Waals surface area contributed by atoms with Gasteiger partial charge in [-0.2, -0.15) is 4.98 Å². The molecule has 2 aromatic rings. The van der Waals surface area contributed by atoms with Gasteiger partial charge in [0.25, 0.3) is 0 Å². The molecule has 5 heteroatoms. The van der Waals surface area contributed by atoms with Crippen molar-refractivity contribution in [2.75, 3.05) is 6.61 Å². The maximum atomic E-state index is 5.46. The van der Waals surface area contributed by atoms with Crippen LogP contribution in [0.25, 0.3) is 0 Å². The predicted octanol–water partition coefficient (Wildman–Crippen LogP) is 1.29. The Kier molecular flexibility index (Phi) is 2.75. The van der Waals surface area contributed by atoms with Crippen LogP contribution in [0, 0.1) is 0 Å². The monoisotopic (exact) mass is 231 g/mol. The van der Waals surface area contributed by atoms with Gasteiger partial charge in [0.2, 0.25) is 6.39 Å². The van der Waals surface area contributed by atoms with Crippen LogP contribution in [0.2, 0.25) is 0 Å². The molecule has 3 rings (SSSR count). The number of nitrogens with one attached hydrogen (secondary N) is 1. The van der Waals surface area contributed by atoms with Crippen LogP contribution in [0.4, 0.5) is 0 Å². The molecule has 0 bridgehead atoms. The van der Waals surface area contributed by atoms with Crippen molar-refractivity contribution in [3.05, 3.63) is 41.5 Å². The van der Waals surface area contributed by atoms with E-state index in [1.54, 1.807) is 0 Å². The molecule has 1 aliphatic rings. The molecule has 17 heavy (non-hydrogen) atoms. The molecule has 0 saturated heterocycles. The minimum absolute atomic E-state index is 0.615. The highest BCUT2D eigenvalue weighted by Gasteiger charge is 2.11. The molecule has 0 fully saturated rings. The molecule has 1 N–H and O–H groups in total. The fourth-order valence-corrected chi connectivity index (χ4v) is 1.94. The minimum Gasteiger partial charge on any atom is -0.493 e. The van der Waals surface area contributed by atoms with Gasteiger partial charge >= 0.3 is 0 Å². The first-order valence-electron chi connectivity index (χ1n) is 5.62. The minimum atomic E-state index is 0.615. The van der Waals surface area contributed by atoms with Crippen molar-refractivity contribution in [2.45, 2.75) is 19.5 Å². The molecule has 1 aliphatic heterocycles. The number of ether oxygens (including phenoxy) is 1.